The maximum atomic E-state index is 13.6. The number of amides is 1. The fourth-order valence-electron chi connectivity index (χ4n) is 2.36. The number of hydrogen-bond acceptors (Lipinski definition) is 3. The lowest BCUT2D eigenvalue weighted by Gasteiger charge is -2.13. The number of nitrogens with one attached hydrogen (secondary N) is 1. The molecule has 0 atom stereocenters. The Labute approximate surface area is 144 Å². The summed E-state index contributed by atoms with van der Waals surface area (Å²) in [6, 6.07) is 11.0. The van der Waals surface area contributed by atoms with Crippen LogP contribution in [0.15, 0.2) is 66.4 Å². The maximum Gasteiger partial charge on any atom is 0.259 e. The second-order valence-corrected chi connectivity index (χ2v) is 5.68. The minimum Gasteiger partial charge on any atom is -0.457 e. The number of aryl methyl sites for hydroxylation is 1. The van der Waals surface area contributed by atoms with Crippen LogP contribution in [-0.4, -0.2) is 11.7 Å². The summed E-state index contributed by atoms with van der Waals surface area (Å²) in [4.78, 5) is 23.9. The van der Waals surface area contributed by atoms with Gasteiger partial charge in [-0.1, -0.05) is 23.8 Å². The normalized spacial score (nSPS) is 13.4. The Morgan fingerprint density at radius 3 is 2.64 bits per heavy atom. The van der Waals surface area contributed by atoms with Gasteiger partial charge in [0.05, 0.1) is 5.56 Å². The summed E-state index contributed by atoms with van der Waals surface area (Å²) < 4.78 is 19.3. The number of halogens is 1. The zero-order valence-corrected chi connectivity index (χ0v) is 13.6. The number of carbonyl (C=O) groups is 2. The lowest BCUT2D eigenvalue weighted by Crippen LogP contribution is -2.24. The Bertz CT molecular complexity index is 882. The molecule has 0 bridgehead atoms. The minimum absolute atomic E-state index is 0.0490. The van der Waals surface area contributed by atoms with Gasteiger partial charge in [-0.25, -0.2) is 4.39 Å². The quantitative estimate of drug-likeness (QED) is 0.915. The Hall–Kier alpha value is -3.21. The Balaban J connectivity index is 1.85. The SMILES string of the molecule is Cc1ccc(Oc2ccc(F)cc2C(=O)NC2=CC(=O)CC=C2)cc1. The van der Waals surface area contributed by atoms with E-state index in [1.54, 1.807) is 24.3 Å². The fourth-order valence-corrected chi connectivity index (χ4v) is 2.36. The number of hydrogen-bond donors (Lipinski definition) is 1. The van der Waals surface area contributed by atoms with Crippen molar-refractivity contribution >= 4 is 11.7 Å². The van der Waals surface area contributed by atoms with Crippen molar-refractivity contribution in [2.75, 3.05) is 0 Å². The molecule has 3 rings (SSSR count). The number of rotatable bonds is 4. The van der Waals surface area contributed by atoms with E-state index in [1.165, 1.54) is 18.2 Å². The van der Waals surface area contributed by atoms with Crippen molar-refractivity contribution in [1.82, 2.24) is 5.32 Å². The molecule has 0 saturated carbocycles. The molecule has 1 amide bonds. The van der Waals surface area contributed by atoms with Crippen LogP contribution in [0.5, 0.6) is 11.5 Å². The standard InChI is InChI=1S/C20H16FNO3/c1-13-5-8-17(9-6-13)25-19-10-7-14(21)11-18(19)20(24)22-15-3-2-4-16(23)12-15/h2-3,5-12H,4H2,1H3,(H,22,24). The van der Waals surface area contributed by atoms with Crippen LogP contribution >= 0.6 is 0 Å². The van der Waals surface area contributed by atoms with Crippen molar-refractivity contribution in [3.8, 4) is 11.5 Å². The molecular weight excluding hydrogens is 321 g/mol. The molecule has 25 heavy (non-hydrogen) atoms. The Kier molecular flexibility index (Phi) is 4.75. The zero-order valence-electron chi connectivity index (χ0n) is 13.6. The average molecular weight is 337 g/mol. The van der Waals surface area contributed by atoms with Gasteiger partial charge >= 0.3 is 0 Å². The molecule has 0 saturated heterocycles. The summed E-state index contributed by atoms with van der Waals surface area (Å²) in [7, 11) is 0. The van der Waals surface area contributed by atoms with Gasteiger partial charge in [-0.3, -0.25) is 9.59 Å². The first-order valence-corrected chi connectivity index (χ1v) is 7.78. The first kappa shape index (κ1) is 16.6. The third-order valence-corrected chi connectivity index (χ3v) is 3.63. The van der Waals surface area contributed by atoms with Gasteiger partial charge in [0.2, 0.25) is 0 Å². The van der Waals surface area contributed by atoms with Crippen LogP contribution in [0.1, 0.15) is 22.3 Å². The van der Waals surface area contributed by atoms with E-state index in [0.29, 0.717) is 17.9 Å². The third-order valence-electron chi connectivity index (χ3n) is 3.63. The number of ketones is 1. The molecule has 0 heterocycles. The highest BCUT2D eigenvalue weighted by molar-refractivity contribution is 6.00. The topological polar surface area (TPSA) is 55.4 Å². The van der Waals surface area contributed by atoms with Gasteiger partial charge in [0.25, 0.3) is 5.91 Å². The molecule has 0 spiro atoms. The predicted molar refractivity (Wildman–Crippen MR) is 92.0 cm³/mol. The van der Waals surface area contributed by atoms with E-state index in [4.69, 9.17) is 4.74 Å². The van der Waals surface area contributed by atoms with Crippen molar-refractivity contribution in [2.24, 2.45) is 0 Å². The monoisotopic (exact) mass is 337 g/mol. The van der Waals surface area contributed by atoms with Crippen molar-refractivity contribution < 1.29 is 18.7 Å². The average Bonchev–Trinajstić information content (AvgIpc) is 2.58. The van der Waals surface area contributed by atoms with Crippen molar-refractivity contribution in [3.05, 3.63) is 83.3 Å². The number of ether oxygens (including phenoxy) is 1. The highest BCUT2D eigenvalue weighted by Crippen LogP contribution is 2.26. The molecule has 0 fully saturated rings. The molecule has 0 radical (unpaired) electrons. The summed E-state index contributed by atoms with van der Waals surface area (Å²) in [6.07, 6.45) is 4.95. The van der Waals surface area contributed by atoms with E-state index < -0.39 is 11.7 Å². The maximum absolute atomic E-state index is 13.6. The van der Waals surface area contributed by atoms with Crippen LogP contribution in [-0.2, 0) is 4.79 Å². The second-order valence-electron chi connectivity index (χ2n) is 5.68. The van der Waals surface area contributed by atoms with E-state index in [9.17, 15) is 14.0 Å². The molecule has 5 heteroatoms. The van der Waals surface area contributed by atoms with Gasteiger partial charge in [-0.05, 0) is 43.3 Å². The summed E-state index contributed by atoms with van der Waals surface area (Å²) in [5.74, 6) is -0.432. The summed E-state index contributed by atoms with van der Waals surface area (Å²) in [6.45, 7) is 1.95. The molecule has 1 N–H and O–H groups in total. The van der Waals surface area contributed by atoms with Gasteiger partial charge < -0.3 is 10.1 Å². The molecule has 0 aliphatic heterocycles. The molecule has 126 valence electrons. The van der Waals surface area contributed by atoms with E-state index in [1.807, 2.05) is 19.1 Å². The van der Waals surface area contributed by atoms with E-state index in [-0.39, 0.29) is 17.1 Å². The first-order chi connectivity index (χ1) is 12.0. The van der Waals surface area contributed by atoms with Gasteiger partial charge in [-0.15, -0.1) is 0 Å². The first-order valence-electron chi connectivity index (χ1n) is 7.78. The number of carbonyl (C=O) groups excluding carboxylic acids is 2. The molecule has 2 aromatic carbocycles. The number of benzene rings is 2. The Morgan fingerprint density at radius 1 is 1.16 bits per heavy atom. The van der Waals surface area contributed by atoms with Gasteiger partial charge in [0.1, 0.15) is 17.3 Å². The third kappa shape index (κ3) is 4.20. The zero-order chi connectivity index (χ0) is 17.8. The van der Waals surface area contributed by atoms with Crippen LogP contribution in [0.25, 0.3) is 0 Å². The Morgan fingerprint density at radius 2 is 1.92 bits per heavy atom. The van der Waals surface area contributed by atoms with Crippen LogP contribution in [0.3, 0.4) is 0 Å². The lowest BCUT2D eigenvalue weighted by molar-refractivity contribution is -0.113. The fraction of sp³-hybridized carbons (Fsp3) is 0.100. The van der Waals surface area contributed by atoms with Gasteiger partial charge in [0.15, 0.2) is 5.78 Å². The molecule has 1 aliphatic rings. The predicted octanol–water partition coefficient (Wildman–Crippen LogP) is 4.07. The van der Waals surface area contributed by atoms with E-state index >= 15 is 0 Å². The van der Waals surface area contributed by atoms with Crippen LogP contribution in [0.4, 0.5) is 4.39 Å². The van der Waals surface area contributed by atoms with Gasteiger partial charge in [0, 0.05) is 18.2 Å². The highest BCUT2D eigenvalue weighted by Gasteiger charge is 2.16. The smallest absolute Gasteiger partial charge is 0.259 e. The van der Waals surface area contributed by atoms with Crippen molar-refractivity contribution in [1.29, 1.82) is 0 Å². The summed E-state index contributed by atoms with van der Waals surface area (Å²) in [5.41, 5.74) is 1.49. The molecule has 1 aliphatic carbocycles. The minimum atomic E-state index is -0.550. The van der Waals surface area contributed by atoms with Crippen LogP contribution in [0, 0.1) is 12.7 Å². The largest absolute Gasteiger partial charge is 0.457 e. The van der Waals surface area contributed by atoms with Crippen LogP contribution in [0.2, 0.25) is 0 Å². The van der Waals surface area contributed by atoms with Crippen LogP contribution < -0.4 is 10.1 Å². The molecule has 0 unspecified atom stereocenters. The van der Waals surface area contributed by atoms with Crippen molar-refractivity contribution in [2.45, 2.75) is 13.3 Å². The molecule has 0 aromatic heterocycles. The van der Waals surface area contributed by atoms with Gasteiger partial charge in [-0.2, -0.15) is 0 Å². The summed E-state index contributed by atoms with van der Waals surface area (Å²) >= 11 is 0. The molecule has 4 nitrogen and oxygen atoms in total. The number of allylic oxidation sites excluding steroid dienone is 3. The highest BCUT2D eigenvalue weighted by atomic mass is 19.1. The molecule has 2 aromatic rings. The molecular formula is C20H16FNO3. The summed E-state index contributed by atoms with van der Waals surface area (Å²) in [5, 5.41) is 2.60. The van der Waals surface area contributed by atoms with E-state index in [2.05, 4.69) is 5.32 Å². The lowest BCUT2D eigenvalue weighted by atomic mass is 10.1. The second kappa shape index (κ2) is 7.13. The van der Waals surface area contributed by atoms with Crippen molar-refractivity contribution in [3.63, 3.8) is 0 Å². The van der Waals surface area contributed by atoms with E-state index in [0.717, 1.165) is 11.6 Å².